The summed E-state index contributed by atoms with van der Waals surface area (Å²) in [5.41, 5.74) is -2.30. The first-order chi connectivity index (χ1) is 15.5. The van der Waals surface area contributed by atoms with Gasteiger partial charge in [0.05, 0.1) is 30.1 Å². The van der Waals surface area contributed by atoms with E-state index < -0.39 is 32.3 Å². The normalized spacial score (nSPS) is 11.7. The van der Waals surface area contributed by atoms with E-state index in [0.29, 0.717) is 16.3 Å². The zero-order chi connectivity index (χ0) is 24.4. The molecular formula is C19H15F3N2O8S. The molecule has 0 bridgehead atoms. The van der Waals surface area contributed by atoms with E-state index in [-0.39, 0.29) is 28.0 Å². The predicted octanol–water partition coefficient (Wildman–Crippen LogP) is 2.84. The molecule has 0 saturated carbocycles. The van der Waals surface area contributed by atoms with Crippen molar-refractivity contribution < 1.29 is 40.1 Å². The van der Waals surface area contributed by atoms with Crippen LogP contribution in [0.25, 0.3) is 10.9 Å². The first-order valence-corrected chi connectivity index (χ1v) is 10.3. The molecule has 176 valence electrons. The van der Waals surface area contributed by atoms with Crippen LogP contribution in [-0.4, -0.2) is 31.9 Å². The summed E-state index contributed by atoms with van der Waals surface area (Å²) in [7, 11) is -1.81. The molecule has 33 heavy (non-hydrogen) atoms. The first kappa shape index (κ1) is 23.7. The summed E-state index contributed by atoms with van der Waals surface area (Å²) < 4.78 is 83.1. The van der Waals surface area contributed by atoms with E-state index in [2.05, 4.69) is 9.68 Å². The minimum atomic E-state index is -4.61. The average molecular weight is 488 g/mol. The third kappa shape index (κ3) is 4.79. The second-order valence-electron chi connectivity index (χ2n) is 6.24. The summed E-state index contributed by atoms with van der Waals surface area (Å²) in [6.45, 7) is 0. The molecule has 0 aliphatic rings. The van der Waals surface area contributed by atoms with E-state index >= 15 is 0 Å². The van der Waals surface area contributed by atoms with Gasteiger partial charge in [-0.3, -0.25) is 4.79 Å². The standard InChI is InChI=1S/C16H12F3NO6S.C3H3NO2/c1-24-13-7-11-12(8-14(13)25-2)20(26-15(11)21)27(22,23)10-5-3-9(4-6-10)16(17,18)19;5-3-1-2-6-4-3/h3-8H,1-2H3;1-2H,(H,4,5). The molecular weight excluding hydrogens is 473 g/mol. The van der Waals surface area contributed by atoms with E-state index in [4.69, 9.17) is 14.0 Å². The lowest BCUT2D eigenvalue weighted by Gasteiger charge is -2.10. The molecule has 14 heteroatoms. The van der Waals surface area contributed by atoms with Crippen molar-refractivity contribution in [1.29, 1.82) is 0 Å². The molecule has 4 aromatic rings. The fourth-order valence-corrected chi connectivity index (χ4v) is 3.92. The van der Waals surface area contributed by atoms with Crippen molar-refractivity contribution in [1.82, 2.24) is 9.30 Å². The van der Waals surface area contributed by atoms with Gasteiger partial charge in [0.2, 0.25) is 0 Å². The number of nitrogens with zero attached hydrogens (tertiary/aromatic N) is 1. The van der Waals surface area contributed by atoms with Crippen LogP contribution in [0, 0.1) is 0 Å². The number of aromatic nitrogens is 2. The van der Waals surface area contributed by atoms with Crippen molar-refractivity contribution in [2.24, 2.45) is 0 Å². The Kier molecular flexibility index (Phi) is 6.39. The van der Waals surface area contributed by atoms with E-state index in [1.54, 1.807) is 0 Å². The molecule has 2 aromatic heterocycles. The van der Waals surface area contributed by atoms with Crippen molar-refractivity contribution in [3.8, 4) is 11.5 Å². The van der Waals surface area contributed by atoms with Gasteiger partial charge in [-0.15, -0.1) is 0 Å². The van der Waals surface area contributed by atoms with Gasteiger partial charge in [0.1, 0.15) is 11.8 Å². The minimum absolute atomic E-state index is 0.0943. The van der Waals surface area contributed by atoms with Crippen molar-refractivity contribution in [2.45, 2.75) is 11.1 Å². The van der Waals surface area contributed by atoms with Crippen molar-refractivity contribution in [3.63, 3.8) is 0 Å². The summed E-state index contributed by atoms with van der Waals surface area (Å²) in [6.07, 6.45) is -3.32. The topological polar surface area (TPSA) is 134 Å². The van der Waals surface area contributed by atoms with Gasteiger partial charge < -0.3 is 18.5 Å². The lowest BCUT2D eigenvalue weighted by molar-refractivity contribution is -0.137. The number of hydrogen-bond acceptors (Lipinski definition) is 8. The molecule has 0 aliphatic heterocycles. The predicted molar refractivity (Wildman–Crippen MR) is 107 cm³/mol. The monoisotopic (exact) mass is 488 g/mol. The quantitative estimate of drug-likeness (QED) is 0.464. The Morgan fingerprint density at radius 2 is 1.58 bits per heavy atom. The second kappa shape index (κ2) is 8.90. The Hall–Kier alpha value is -3.94. The van der Waals surface area contributed by atoms with Crippen molar-refractivity contribution in [3.05, 3.63) is 75.1 Å². The number of benzene rings is 2. The molecule has 0 atom stereocenters. The molecule has 4 rings (SSSR count). The molecule has 1 N–H and O–H groups in total. The second-order valence-corrected chi connectivity index (χ2v) is 8.00. The molecule has 2 heterocycles. The number of methoxy groups -OCH3 is 2. The Labute approximate surface area is 182 Å². The molecule has 10 nitrogen and oxygen atoms in total. The number of hydrogen-bond donors (Lipinski definition) is 1. The van der Waals surface area contributed by atoms with Gasteiger partial charge in [-0.25, -0.2) is 4.79 Å². The summed E-state index contributed by atoms with van der Waals surface area (Å²) in [5, 5.41) is 1.98. The minimum Gasteiger partial charge on any atom is -0.493 e. The van der Waals surface area contributed by atoms with Gasteiger partial charge in [0.15, 0.2) is 11.5 Å². The molecule has 0 fully saturated rings. The van der Waals surface area contributed by atoms with Crippen LogP contribution in [0.2, 0.25) is 0 Å². The van der Waals surface area contributed by atoms with E-state index in [0.717, 1.165) is 12.1 Å². The number of ether oxygens (including phenoxy) is 2. The van der Waals surface area contributed by atoms with Gasteiger partial charge in [0, 0.05) is 18.2 Å². The number of halogens is 3. The van der Waals surface area contributed by atoms with Crippen LogP contribution in [0.5, 0.6) is 11.5 Å². The fourth-order valence-electron chi connectivity index (χ4n) is 2.67. The lowest BCUT2D eigenvalue weighted by atomic mass is 10.2. The summed E-state index contributed by atoms with van der Waals surface area (Å²) in [6, 6.07) is 6.59. The van der Waals surface area contributed by atoms with Gasteiger partial charge in [0.25, 0.3) is 15.6 Å². The Bertz CT molecular complexity index is 1460. The van der Waals surface area contributed by atoms with E-state index in [1.807, 2.05) is 0 Å². The van der Waals surface area contributed by atoms with Crippen LogP contribution >= 0.6 is 0 Å². The highest BCUT2D eigenvalue weighted by Crippen LogP contribution is 2.33. The maximum absolute atomic E-state index is 12.8. The summed E-state index contributed by atoms with van der Waals surface area (Å²) in [4.78, 5) is 21.5. The van der Waals surface area contributed by atoms with Crippen LogP contribution in [0.3, 0.4) is 0 Å². The molecule has 0 saturated heterocycles. The van der Waals surface area contributed by atoms with Crippen molar-refractivity contribution in [2.75, 3.05) is 14.2 Å². The van der Waals surface area contributed by atoms with Gasteiger partial charge >= 0.3 is 11.8 Å². The number of fused-ring (bicyclic) bond motifs is 1. The fraction of sp³-hybridized carbons (Fsp3) is 0.158. The Morgan fingerprint density at radius 3 is 2.03 bits per heavy atom. The molecule has 0 radical (unpaired) electrons. The number of aromatic amines is 1. The SMILES string of the molecule is COc1cc2c(=O)on(S(=O)(=O)c3ccc(C(F)(F)F)cc3)c2cc1OC.O=c1cco[nH]1. The third-order valence-corrected chi connectivity index (χ3v) is 5.80. The number of H-pyrrole nitrogens is 1. The lowest BCUT2D eigenvalue weighted by Crippen LogP contribution is -2.13. The van der Waals surface area contributed by atoms with E-state index in [9.17, 15) is 31.2 Å². The number of rotatable bonds is 4. The van der Waals surface area contributed by atoms with Crippen LogP contribution in [0.1, 0.15) is 5.56 Å². The highest BCUT2D eigenvalue weighted by Gasteiger charge is 2.31. The van der Waals surface area contributed by atoms with Gasteiger partial charge in [-0.2, -0.15) is 26.7 Å². The Morgan fingerprint density at radius 1 is 0.970 bits per heavy atom. The molecule has 0 spiro atoms. The molecule has 0 amide bonds. The average Bonchev–Trinajstić information content (AvgIpc) is 3.39. The largest absolute Gasteiger partial charge is 0.493 e. The van der Waals surface area contributed by atoms with Crippen LogP contribution in [-0.2, 0) is 16.2 Å². The van der Waals surface area contributed by atoms with E-state index in [1.165, 1.54) is 38.7 Å². The maximum Gasteiger partial charge on any atom is 0.416 e. The molecule has 0 unspecified atom stereocenters. The van der Waals surface area contributed by atoms with Crippen LogP contribution in [0.4, 0.5) is 13.2 Å². The number of nitrogens with one attached hydrogen (secondary N) is 1. The third-order valence-electron chi connectivity index (χ3n) is 4.23. The van der Waals surface area contributed by atoms with Gasteiger partial charge in [-0.05, 0) is 24.3 Å². The highest BCUT2D eigenvalue weighted by atomic mass is 32.2. The molecule has 2 aromatic carbocycles. The maximum atomic E-state index is 12.8. The number of alkyl halides is 3. The zero-order valence-corrected chi connectivity index (χ0v) is 17.7. The smallest absolute Gasteiger partial charge is 0.416 e. The van der Waals surface area contributed by atoms with Crippen LogP contribution in [0.15, 0.2) is 72.3 Å². The van der Waals surface area contributed by atoms with Crippen LogP contribution < -0.4 is 20.7 Å². The van der Waals surface area contributed by atoms with Crippen molar-refractivity contribution >= 4 is 20.9 Å². The highest BCUT2D eigenvalue weighted by molar-refractivity contribution is 7.90. The first-order valence-electron chi connectivity index (χ1n) is 8.82. The van der Waals surface area contributed by atoms with Gasteiger partial charge in [-0.1, -0.05) is 4.15 Å². The summed E-state index contributed by atoms with van der Waals surface area (Å²) >= 11 is 0. The zero-order valence-electron chi connectivity index (χ0n) is 16.9. The summed E-state index contributed by atoms with van der Waals surface area (Å²) in [5.74, 6) is 0.323. The molecule has 0 aliphatic carbocycles. The Balaban J connectivity index is 0.000000442.